The lowest BCUT2D eigenvalue weighted by atomic mass is 9.72. The minimum atomic E-state index is -1.30. The van der Waals surface area contributed by atoms with Crippen molar-refractivity contribution in [3.05, 3.63) is 78.0 Å². The van der Waals surface area contributed by atoms with Crippen molar-refractivity contribution in [2.45, 2.75) is 95.5 Å². The third-order valence-corrected chi connectivity index (χ3v) is 9.70. The zero-order chi connectivity index (χ0) is 35.1. The number of para-hydroxylation sites is 1. The average molecular weight is 671 g/mol. The second kappa shape index (κ2) is 15.9. The normalized spacial score (nSPS) is 21.5. The summed E-state index contributed by atoms with van der Waals surface area (Å²) in [5.41, 5.74) is 6.85. The molecule has 1 aliphatic heterocycles. The van der Waals surface area contributed by atoms with Crippen LogP contribution in [0.5, 0.6) is 0 Å². The van der Waals surface area contributed by atoms with Gasteiger partial charge in [0.25, 0.3) is 5.91 Å². The van der Waals surface area contributed by atoms with Gasteiger partial charge >= 0.3 is 0 Å². The molecule has 0 bridgehead atoms. The van der Waals surface area contributed by atoms with Crippen LogP contribution in [0.3, 0.4) is 0 Å². The van der Waals surface area contributed by atoms with Crippen molar-refractivity contribution >= 4 is 34.5 Å². The van der Waals surface area contributed by atoms with Crippen molar-refractivity contribution in [1.29, 1.82) is 0 Å². The number of piperidine rings is 1. The van der Waals surface area contributed by atoms with Gasteiger partial charge in [-0.3, -0.25) is 24.1 Å². The summed E-state index contributed by atoms with van der Waals surface area (Å²) in [5.74, 6) is -1.17. The molecule has 6 atom stereocenters. The van der Waals surface area contributed by atoms with Crippen molar-refractivity contribution in [2.75, 3.05) is 13.1 Å². The fraction of sp³-hybridized carbons (Fsp3) is 0.500. The van der Waals surface area contributed by atoms with E-state index in [9.17, 15) is 24.3 Å². The number of nitrogens with zero attached hydrogens (tertiary/aromatic N) is 2. The van der Waals surface area contributed by atoms with Crippen LogP contribution in [0.15, 0.2) is 66.7 Å². The molecule has 2 aromatic carbocycles. The molecule has 5 rings (SSSR count). The molecular formula is C38H50N6O5. The molecule has 2 fully saturated rings. The lowest BCUT2D eigenvalue weighted by Gasteiger charge is -2.47. The van der Waals surface area contributed by atoms with E-state index in [0.29, 0.717) is 30.3 Å². The number of primary amides is 1. The van der Waals surface area contributed by atoms with Gasteiger partial charge in [0.05, 0.1) is 30.1 Å². The van der Waals surface area contributed by atoms with E-state index in [0.717, 1.165) is 36.6 Å². The van der Waals surface area contributed by atoms with Crippen LogP contribution in [-0.2, 0) is 20.8 Å². The number of β-amino-alcohol motifs (C(OH)–C–C–N with tert-alkyl or cyclic N) is 1. The first-order chi connectivity index (χ1) is 23.4. The number of aromatic nitrogens is 1. The molecule has 0 spiro atoms. The monoisotopic (exact) mass is 670 g/mol. The van der Waals surface area contributed by atoms with Crippen LogP contribution < -0.4 is 21.7 Å². The highest BCUT2D eigenvalue weighted by atomic mass is 16.3. The summed E-state index contributed by atoms with van der Waals surface area (Å²) < 4.78 is 0. The second-order valence-electron chi connectivity index (χ2n) is 14.7. The Bertz CT molecular complexity index is 1630. The Kier molecular flexibility index (Phi) is 11.7. The lowest BCUT2D eigenvalue weighted by molar-refractivity contribution is -0.133. The summed E-state index contributed by atoms with van der Waals surface area (Å²) in [4.78, 5) is 59.0. The maximum atomic E-state index is 13.6. The van der Waals surface area contributed by atoms with E-state index in [1.54, 1.807) is 18.2 Å². The lowest BCUT2D eigenvalue weighted by Crippen LogP contribution is -2.60. The van der Waals surface area contributed by atoms with Crippen molar-refractivity contribution in [2.24, 2.45) is 17.6 Å². The number of fused-ring (bicyclic) bond motifs is 2. The quantitative estimate of drug-likeness (QED) is 0.198. The van der Waals surface area contributed by atoms with E-state index in [1.807, 2.05) is 69.3 Å². The van der Waals surface area contributed by atoms with E-state index in [1.165, 1.54) is 6.42 Å². The maximum Gasteiger partial charge on any atom is 0.270 e. The van der Waals surface area contributed by atoms with Gasteiger partial charge < -0.3 is 26.8 Å². The van der Waals surface area contributed by atoms with Crippen molar-refractivity contribution in [3.8, 4) is 0 Å². The molecular weight excluding hydrogens is 620 g/mol. The molecule has 2 heterocycles. The molecule has 2 aliphatic rings. The Morgan fingerprint density at radius 2 is 1.63 bits per heavy atom. The Morgan fingerprint density at radius 3 is 2.35 bits per heavy atom. The zero-order valence-corrected chi connectivity index (χ0v) is 28.7. The number of hydrogen-bond donors (Lipinski definition) is 5. The van der Waals surface area contributed by atoms with Crippen LogP contribution in [0.2, 0.25) is 0 Å². The molecule has 0 unspecified atom stereocenters. The first-order valence-electron chi connectivity index (χ1n) is 17.4. The predicted octanol–water partition coefficient (Wildman–Crippen LogP) is 3.09. The summed E-state index contributed by atoms with van der Waals surface area (Å²) in [6.07, 6.45) is 4.16. The predicted molar refractivity (Wildman–Crippen MR) is 188 cm³/mol. The minimum absolute atomic E-state index is 0.0479. The molecule has 1 saturated carbocycles. The number of benzene rings is 2. The van der Waals surface area contributed by atoms with Gasteiger partial charge in [-0.15, -0.1) is 0 Å². The number of pyridine rings is 1. The highest BCUT2D eigenvalue weighted by molar-refractivity contribution is 5.98. The molecule has 6 N–H and O–H groups in total. The largest absolute Gasteiger partial charge is 0.390 e. The van der Waals surface area contributed by atoms with E-state index < -0.39 is 47.9 Å². The number of nitrogens with one attached hydrogen (secondary N) is 3. The van der Waals surface area contributed by atoms with Gasteiger partial charge in [0.15, 0.2) is 0 Å². The number of aliphatic hydroxyl groups is 1. The molecule has 49 heavy (non-hydrogen) atoms. The summed E-state index contributed by atoms with van der Waals surface area (Å²) >= 11 is 0. The molecule has 1 aliphatic carbocycles. The SMILES string of the molecule is CC(C)(C)NC(=O)[C@H]1C[C@@H]2CCCC[C@@H]2CN1C[C@@H](O)[C@H](Cc1ccccc1)NC(=O)C[C@H](NC(=O)c1ccc2ccccc2n1)C(N)=O. The number of hydrogen-bond acceptors (Lipinski definition) is 7. The van der Waals surface area contributed by atoms with E-state index >= 15 is 0 Å². The second-order valence-corrected chi connectivity index (χ2v) is 14.7. The highest BCUT2D eigenvalue weighted by Gasteiger charge is 2.42. The van der Waals surface area contributed by atoms with Crippen molar-refractivity contribution in [1.82, 2.24) is 25.8 Å². The Hall–Kier alpha value is -4.35. The standard InChI is InChI=1S/C38H50N6O5/c1-38(2,3)43-37(49)32-20-26-14-7-8-15-27(26)22-44(32)23-33(45)30(19-24-11-5-4-6-12-24)41-34(46)21-31(35(39)47)42-36(48)29-18-17-25-13-9-10-16-28(25)40-29/h4-6,9-13,16-18,26-27,30-33,45H,7-8,14-15,19-23H2,1-3H3,(H2,39,47)(H,41,46)(H,42,48)(H,43,49)/t26-,27+,30-,31-,32+,33+/m0/s1. The Balaban J connectivity index is 1.30. The molecule has 4 amide bonds. The topological polar surface area (TPSA) is 167 Å². The summed E-state index contributed by atoms with van der Waals surface area (Å²) in [6.45, 7) is 6.77. The van der Waals surface area contributed by atoms with Crippen LogP contribution in [0.4, 0.5) is 0 Å². The number of likely N-dealkylation sites (tertiary alicyclic amines) is 1. The Morgan fingerprint density at radius 1 is 0.939 bits per heavy atom. The first kappa shape index (κ1) is 35.9. The van der Waals surface area contributed by atoms with E-state index in [2.05, 4.69) is 25.8 Å². The summed E-state index contributed by atoms with van der Waals surface area (Å²) in [5, 5.41) is 21.2. The van der Waals surface area contributed by atoms with Crippen LogP contribution in [0.1, 0.15) is 75.3 Å². The Labute approximate surface area is 288 Å². The molecule has 1 saturated heterocycles. The molecule has 11 heteroatoms. The smallest absolute Gasteiger partial charge is 0.270 e. The van der Waals surface area contributed by atoms with Gasteiger partial charge in [0.1, 0.15) is 11.7 Å². The molecule has 11 nitrogen and oxygen atoms in total. The zero-order valence-electron chi connectivity index (χ0n) is 28.7. The first-order valence-corrected chi connectivity index (χ1v) is 17.4. The number of nitrogens with two attached hydrogens (primary N) is 1. The highest BCUT2D eigenvalue weighted by Crippen LogP contribution is 2.39. The average Bonchev–Trinajstić information content (AvgIpc) is 3.06. The van der Waals surface area contributed by atoms with Crippen LogP contribution >= 0.6 is 0 Å². The van der Waals surface area contributed by atoms with Gasteiger partial charge in [0.2, 0.25) is 17.7 Å². The third kappa shape index (κ3) is 9.86. The molecule has 262 valence electrons. The van der Waals surface area contributed by atoms with Gasteiger partial charge in [-0.05, 0) is 69.6 Å². The number of rotatable bonds is 12. The van der Waals surface area contributed by atoms with Crippen LogP contribution in [0, 0.1) is 11.8 Å². The van der Waals surface area contributed by atoms with Crippen molar-refractivity contribution < 1.29 is 24.3 Å². The van der Waals surface area contributed by atoms with Crippen LogP contribution in [-0.4, -0.2) is 81.5 Å². The third-order valence-electron chi connectivity index (χ3n) is 9.70. The number of carbonyl (C=O) groups is 4. The van der Waals surface area contributed by atoms with E-state index in [4.69, 9.17) is 5.73 Å². The van der Waals surface area contributed by atoms with Gasteiger partial charge in [-0.1, -0.05) is 73.9 Å². The molecule has 1 aromatic heterocycles. The number of aliphatic hydroxyl groups excluding tert-OH is 1. The number of carbonyl (C=O) groups excluding carboxylic acids is 4. The van der Waals surface area contributed by atoms with Gasteiger partial charge in [-0.25, -0.2) is 4.98 Å². The van der Waals surface area contributed by atoms with Crippen LogP contribution in [0.25, 0.3) is 10.9 Å². The minimum Gasteiger partial charge on any atom is -0.390 e. The fourth-order valence-corrected chi connectivity index (χ4v) is 7.24. The fourth-order valence-electron chi connectivity index (χ4n) is 7.24. The maximum absolute atomic E-state index is 13.6. The van der Waals surface area contributed by atoms with Crippen molar-refractivity contribution in [3.63, 3.8) is 0 Å². The van der Waals surface area contributed by atoms with Gasteiger partial charge in [-0.2, -0.15) is 0 Å². The summed E-state index contributed by atoms with van der Waals surface area (Å²) in [6, 6.07) is 17.7. The van der Waals surface area contributed by atoms with E-state index in [-0.39, 0.29) is 24.2 Å². The molecule has 0 radical (unpaired) electrons. The molecule has 3 aromatic rings. The summed E-state index contributed by atoms with van der Waals surface area (Å²) in [7, 11) is 0. The number of amides is 4. The van der Waals surface area contributed by atoms with Gasteiger partial charge in [0, 0.05) is 24.0 Å².